The Morgan fingerprint density at radius 2 is 1.89 bits per heavy atom. The summed E-state index contributed by atoms with van der Waals surface area (Å²) in [6, 6.07) is 6.51. The molecule has 0 saturated heterocycles. The summed E-state index contributed by atoms with van der Waals surface area (Å²) in [5.74, 6) is 0. The van der Waals surface area contributed by atoms with E-state index >= 15 is 0 Å². The fraction of sp³-hybridized carbons (Fsp3) is 0.250. The van der Waals surface area contributed by atoms with Gasteiger partial charge in [-0.25, -0.2) is 0 Å². The van der Waals surface area contributed by atoms with Gasteiger partial charge in [0.15, 0.2) is 0 Å². The van der Waals surface area contributed by atoms with E-state index in [1.807, 2.05) is 0 Å². The van der Waals surface area contributed by atoms with Gasteiger partial charge >= 0.3 is 0 Å². The predicted molar refractivity (Wildman–Crippen MR) is 41.6 cm³/mol. The van der Waals surface area contributed by atoms with Crippen LogP contribution in [0.4, 0.5) is 0 Å². The van der Waals surface area contributed by atoms with E-state index in [1.54, 1.807) is 0 Å². The van der Waals surface area contributed by atoms with Gasteiger partial charge in [0.05, 0.1) is 0 Å². The Morgan fingerprint density at radius 1 is 1.11 bits per heavy atom. The molecule has 2 rings (SSSR count). The van der Waals surface area contributed by atoms with Crippen LogP contribution >= 0.6 is 15.9 Å². The first-order valence-electron chi connectivity index (χ1n) is 3.13. The van der Waals surface area contributed by atoms with Crippen molar-refractivity contribution in [2.24, 2.45) is 0 Å². The van der Waals surface area contributed by atoms with E-state index in [2.05, 4.69) is 34.1 Å². The predicted octanol–water partition coefficient (Wildman–Crippen LogP) is 2.55. The van der Waals surface area contributed by atoms with E-state index in [4.69, 9.17) is 0 Å². The van der Waals surface area contributed by atoms with Crippen molar-refractivity contribution in [1.82, 2.24) is 0 Å². The van der Waals surface area contributed by atoms with Gasteiger partial charge < -0.3 is 0 Å². The van der Waals surface area contributed by atoms with E-state index < -0.39 is 0 Å². The van der Waals surface area contributed by atoms with Gasteiger partial charge in [-0.15, -0.1) is 0 Å². The number of benzene rings is 1. The average Bonchev–Trinajstić information content (AvgIpc) is 1.78. The molecule has 0 fully saturated rings. The van der Waals surface area contributed by atoms with Gasteiger partial charge in [-0.05, 0) is 36.1 Å². The molecule has 1 aromatic carbocycles. The first kappa shape index (κ1) is 5.48. The number of hydrogen-bond donors (Lipinski definition) is 0. The molecule has 9 heavy (non-hydrogen) atoms. The summed E-state index contributed by atoms with van der Waals surface area (Å²) in [5.41, 5.74) is 3.04. The molecule has 0 N–H and O–H groups in total. The molecule has 0 radical (unpaired) electrons. The lowest BCUT2D eigenvalue weighted by atomic mass is 9.89. The quantitative estimate of drug-likeness (QED) is 0.579. The van der Waals surface area contributed by atoms with Gasteiger partial charge in [0.2, 0.25) is 0 Å². The number of fused-ring (bicyclic) bond motifs is 1. The normalized spacial score (nSPS) is 14.3. The summed E-state index contributed by atoms with van der Waals surface area (Å²) in [7, 11) is 0. The molecular formula is C8H7Br. The van der Waals surface area contributed by atoms with Gasteiger partial charge in [0.1, 0.15) is 0 Å². The van der Waals surface area contributed by atoms with E-state index in [1.165, 1.54) is 28.4 Å². The fourth-order valence-corrected chi connectivity index (χ4v) is 1.57. The van der Waals surface area contributed by atoms with E-state index in [-0.39, 0.29) is 0 Å². The molecule has 0 aliphatic heterocycles. The van der Waals surface area contributed by atoms with Gasteiger partial charge in [-0.1, -0.05) is 22.0 Å². The van der Waals surface area contributed by atoms with Crippen molar-refractivity contribution in [1.29, 1.82) is 0 Å². The molecule has 46 valence electrons. The lowest BCUT2D eigenvalue weighted by Crippen LogP contribution is -2.06. The van der Waals surface area contributed by atoms with Crippen LogP contribution in [-0.4, -0.2) is 0 Å². The summed E-state index contributed by atoms with van der Waals surface area (Å²) in [6.07, 6.45) is 2.55. The van der Waals surface area contributed by atoms with Crippen LogP contribution in [0.1, 0.15) is 11.1 Å². The highest BCUT2D eigenvalue weighted by Gasteiger charge is 2.11. The number of halogens is 1. The smallest absolute Gasteiger partial charge is 0.0178 e. The van der Waals surface area contributed by atoms with E-state index in [0.29, 0.717) is 0 Å². The SMILES string of the molecule is Brc1ccc2c(c1)CC2. The monoisotopic (exact) mass is 182 g/mol. The molecule has 0 atom stereocenters. The molecular weight excluding hydrogens is 176 g/mol. The zero-order valence-corrected chi connectivity index (χ0v) is 6.61. The van der Waals surface area contributed by atoms with Crippen molar-refractivity contribution in [3.05, 3.63) is 33.8 Å². The molecule has 1 aliphatic carbocycles. The first-order chi connectivity index (χ1) is 4.36. The third-order valence-corrected chi connectivity index (χ3v) is 2.33. The molecule has 1 aliphatic rings. The molecule has 0 saturated carbocycles. The van der Waals surface area contributed by atoms with Crippen LogP contribution in [0.2, 0.25) is 0 Å². The van der Waals surface area contributed by atoms with Crippen molar-refractivity contribution in [2.75, 3.05) is 0 Å². The van der Waals surface area contributed by atoms with Crippen LogP contribution in [0, 0.1) is 0 Å². The second-order valence-electron chi connectivity index (χ2n) is 2.41. The third kappa shape index (κ3) is 0.799. The van der Waals surface area contributed by atoms with Gasteiger partial charge in [0, 0.05) is 4.47 Å². The summed E-state index contributed by atoms with van der Waals surface area (Å²) in [5, 5.41) is 0. The zero-order chi connectivity index (χ0) is 6.27. The third-order valence-electron chi connectivity index (χ3n) is 1.83. The number of aryl methyl sites for hydroxylation is 2. The number of rotatable bonds is 0. The van der Waals surface area contributed by atoms with Crippen molar-refractivity contribution in [3.8, 4) is 0 Å². The Labute approximate surface area is 63.0 Å². The molecule has 0 nitrogen and oxygen atoms in total. The van der Waals surface area contributed by atoms with Crippen molar-refractivity contribution in [2.45, 2.75) is 12.8 Å². The standard InChI is InChI=1S/C8H7Br/c9-8-4-3-6-1-2-7(6)5-8/h3-5H,1-2H2. The minimum Gasteiger partial charge on any atom is -0.0576 e. The summed E-state index contributed by atoms with van der Waals surface area (Å²) < 4.78 is 1.21. The first-order valence-corrected chi connectivity index (χ1v) is 3.93. The molecule has 0 unspecified atom stereocenters. The van der Waals surface area contributed by atoms with E-state index in [0.717, 1.165) is 0 Å². The highest BCUT2D eigenvalue weighted by molar-refractivity contribution is 9.10. The highest BCUT2D eigenvalue weighted by atomic mass is 79.9. The van der Waals surface area contributed by atoms with Crippen LogP contribution in [0.25, 0.3) is 0 Å². The Kier molecular flexibility index (Phi) is 1.12. The maximum Gasteiger partial charge on any atom is 0.0178 e. The Bertz CT molecular complexity index is 240. The topological polar surface area (TPSA) is 0 Å². The largest absolute Gasteiger partial charge is 0.0576 e. The molecule has 1 aromatic rings. The van der Waals surface area contributed by atoms with Crippen LogP contribution in [0.5, 0.6) is 0 Å². The molecule has 1 heteroatoms. The summed E-state index contributed by atoms with van der Waals surface area (Å²) in [4.78, 5) is 0. The second-order valence-corrected chi connectivity index (χ2v) is 3.33. The molecule has 0 heterocycles. The van der Waals surface area contributed by atoms with Crippen molar-refractivity contribution < 1.29 is 0 Å². The van der Waals surface area contributed by atoms with Crippen LogP contribution in [0.15, 0.2) is 22.7 Å². The Balaban J connectivity index is 2.57. The highest BCUT2D eigenvalue weighted by Crippen LogP contribution is 2.25. The van der Waals surface area contributed by atoms with Gasteiger partial charge in [-0.2, -0.15) is 0 Å². The van der Waals surface area contributed by atoms with Crippen LogP contribution in [-0.2, 0) is 12.8 Å². The Hall–Kier alpha value is -0.300. The van der Waals surface area contributed by atoms with Crippen LogP contribution in [0.3, 0.4) is 0 Å². The fourth-order valence-electron chi connectivity index (χ4n) is 1.16. The minimum absolute atomic E-state index is 1.21. The van der Waals surface area contributed by atoms with Gasteiger partial charge in [0.25, 0.3) is 0 Å². The van der Waals surface area contributed by atoms with Gasteiger partial charge in [-0.3, -0.25) is 0 Å². The Morgan fingerprint density at radius 3 is 2.33 bits per heavy atom. The average molecular weight is 183 g/mol. The maximum atomic E-state index is 3.43. The number of hydrogen-bond acceptors (Lipinski definition) is 0. The van der Waals surface area contributed by atoms with Crippen molar-refractivity contribution in [3.63, 3.8) is 0 Å². The molecule has 0 amide bonds. The lowest BCUT2D eigenvalue weighted by molar-refractivity contribution is 0.838. The van der Waals surface area contributed by atoms with Crippen LogP contribution < -0.4 is 0 Å². The molecule has 0 bridgehead atoms. The zero-order valence-electron chi connectivity index (χ0n) is 5.02. The molecule has 0 spiro atoms. The van der Waals surface area contributed by atoms with E-state index in [9.17, 15) is 0 Å². The second kappa shape index (κ2) is 1.84. The summed E-state index contributed by atoms with van der Waals surface area (Å²) >= 11 is 3.43. The van der Waals surface area contributed by atoms with Crippen molar-refractivity contribution >= 4 is 15.9 Å². The molecule has 0 aromatic heterocycles. The summed E-state index contributed by atoms with van der Waals surface area (Å²) in [6.45, 7) is 0. The minimum atomic E-state index is 1.21. The maximum absolute atomic E-state index is 3.43. The lowest BCUT2D eigenvalue weighted by Gasteiger charge is -2.17.